The quantitative estimate of drug-likeness (QED) is 0.665. The molecule has 1 amide bonds. The van der Waals surface area contributed by atoms with Crippen molar-refractivity contribution in [3.8, 4) is 0 Å². The van der Waals surface area contributed by atoms with Crippen LogP contribution in [0.25, 0.3) is 0 Å². The molecule has 3 unspecified atom stereocenters. The van der Waals surface area contributed by atoms with Crippen LogP contribution in [-0.2, 0) is 4.79 Å². The van der Waals surface area contributed by atoms with E-state index in [9.17, 15) is 4.79 Å². The van der Waals surface area contributed by atoms with Crippen molar-refractivity contribution in [1.82, 2.24) is 9.80 Å². The van der Waals surface area contributed by atoms with Crippen molar-refractivity contribution < 1.29 is 4.79 Å². The first-order chi connectivity index (χ1) is 8.25. The number of hydrogen-bond donors (Lipinski definition) is 1. The molecule has 5 nitrogen and oxygen atoms in total. The smallest absolute Gasteiger partial charge is 0.222 e. The molecular formula is C12H20N4O. The van der Waals surface area contributed by atoms with Gasteiger partial charge in [-0.2, -0.15) is 0 Å². The van der Waals surface area contributed by atoms with E-state index in [0.717, 1.165) is 45.4 Å². The van der Waals surface area contributed by atoms with Gasteiger partial charge in [-0.3, -0.25) is 14.7 Å². The molecule has 3 atom stereocenters. The first-order valence-corrected chi connectivity index (χ1v) is 6.55. The van der Waals surface area contributed by atoms with Gasteiger partial charge in [0.2, 0.25) is 5.91 Å². The van der Waals surface area contributed by atoms with Crippen molar-refractivity contribution in [1.29, 1.82) is 0 Å². The highest BCUT2D eigenvalue weighted by Gasteiger charge is 2.38. The minimum absolute atomic E-state index is 0.0624. The minimum atomic E-state index is 0.0624. The molecule has 0 saturated carbocycles. The van der Waals surface area contributed by atoms with Gasteiger partial charge in [0.15, 0.2) is 0 Å². The lowest BCUT2D eigenvalue weighted by molar-refractivity contribution is -0.131. The predicted octanol–water partition coefficient (Wildman–Crippen LogP) is -0.537. The molecule has 0 aromatic heterocycles. The molecule has 2 N–H and O–H groups in total. The van der Waals surface area contributed by atoms with Crippen LogP contribution in [0.5, 0.6) is 0 Å². The molecule has 3 aliphatic rings. The third-order valence-electron chi connectivity index (χ3n) is 4.27. The average Bonchev–Trinajstić information content (AvgIpc) is 2.71. The van der Waals surface area contributed by atoms with Crippen molar-refractivity contribution in [3.63, 3.8) is 0 Å². The molecule has 0 aromatic rings. The van der Waals surface area contributed by atoms with E-state index in [-0.39, 0.29) is 6.04 Å². The van der Waals surface area contributed by atoms with E-state index in [1.54, 1.807) is 0 Å². The zero-order valence-corrected chi connectivity index (χ0v) is 10.1. The Hall–Kier alpha value is -0.940. The summed E-state index contributed by atoms with van der Waals surface area (Å²) < 4.78 is 0. The van der Waals surface area contributed by atoms with Crippen LogP contribution in [-0.4, -0.2) is 66.2 Å². The highest BCUT2D eigenvalue weighted by molar-refractivity contribution is 5.79. The summed E-state index contributed by atoms with van der Waals surface area (Å²) in [7, 11) is 0. The Kier molecular flexibility index (Phi) is 2.88. The summed E-state index contributed by atoms with van der Waals surface area (Å²) in [5, 5.41) is 0. The van der Waals surface area contributed by atoms with Gasteiger partial charge in [0.05, 0.1) is 6.04 Å². The molecule has 17 heavy (non-hydrogen) atoms. The summed E-state index contributed by atoms with van der Waals surface area (Å²) in [5.74, 6) is 0.337. The van der Waals surface area contributed by atoms with Crippen LogP contribution < -0.4 is 5.73 Å². The molecule has 0 aliphatic carbocycles. The third kappa shape index (κ3) is 1.98. The maximum Gasteiger partial charge on any atom is 0.222 e. The molecule has 0 radical (unpaired) electrons. The van der Waals surface area contributed by atoms with Crippen LogP contribution in [0.15, 0.2) is 4.99 Å². The van der Waals surface area contributed by atoms with Crippen LogP contribution in [0.4, 0.5) is 0 Å². The Morgan fingerprint density at radius 3 is 3.06 bits per heavy atom. The van der Waals surface area contributed by atoms with E-state index in [4.69, 9.17) is 5.73 Å². The molecule has 3 heterocycles. The third-order valence-corrected chi connectivity index (χ3v) is 4.27. The van der Waals surface area contributed by atoms with Crippen LogP contribution in [0.2, 0.25) is 0 Å². The van der Waals surface area contributed by atoms with Gasteiger partial charge in [0, 0.05) is 50.9 Å². The Morgan fingerprint density at radius 1 is 1.35 bits per heavy atom. The number of fused-ring (bicyclic) bond motifs is 1. The number of rotatable bonds is 1. The number of nitrogens with two attached hydrogens (primary N) is 1. The zero-order valence-electron chi connectivity index (χ0n) is 10.1. The molecular weight excluding hydrogens is 216 g/mol. The van der Waals surface area contributed by atoms with Gasteiger partial charge in [0.1, 0.15) is 0 Å². The maximum atomic E-state index is 11.6. The summed E-state index contributed by atoms with van der Waals surface area (Å²) in [6.07, 6.45) is 4.70. The SMILES string of the molecule is NC1C=NCCC1N1CCN2C(=O)CCC2C1. The van der Waals surface area contributed by atoms with E-state index >= 15 is 0 Å². The van der Waals surface area contributed by atoms with Crippen molar-refractivity contribution in [2.75, 3.05) is 26.2 Å². The Bertz CT molecular complexity index is 343. The molecule has 0 bridgehead atoms. The number of piperazine rings is 1. The molecule has 94 valence electrons. The summed E-state index contributed by atoms with van der Waals surface area (Å²) in [4.78, 5) is 20.4. The Labute approximate surface area is 102 Å². The molecule has 2 saturated heterocycles. The average molecular weight is 236 g/mol. The van der Waals surface area contributed by atoms with Crippen LogP contribution >= 0.6 is 0 Å². The second kappa shape index (κ2) is 4.38. The van der Waals surface area contributed by atoms with E-state index in [1.165, 1.54) is 0 Å². The Morgan fingerprint density at radius 2 is 2.24 bits per heavy atom. The molecule has 2 fully saturated rings. The van der Waals surface area contributed by atoms with Gasteiger partial charge in [-0.15, -0.1) is 0 Å². The number of nitrogens with zero attached hydrogens (tertiary/aromatic N) is 3. The number of carbonyl (C=O) groups is 1. The molecule has 0 aromatic carbocycles. The molecule has 5 heteroatoms. The topological polar surface area (TPSA) is 61.9 Å². The van der Waals surface area contributed by atoms with Gasteiger partial charge in [0.25, 0.3) is 0 Å². The monoisotopic (exact) mass is 236 g/mol. The Balaban J connectivity index is 1.67. The van der Waals surface area contributed by atoms with Crippen LogP contribution in [0.1, 0.15) is 19.3 Å². The van der Waals surface area contributed by atoms with Crippen LogP contribution in [0, 0.1) is 0 Å². The number of amides is 1. The zero-order chi connectivity index (χ0) is 11.8. The second-order valence-electron chi connectivity index (χ2n) is 5.26. The highest BCUT2D eigenvalue weighted by atomic mass is 16.2. The fourth-order valence-electron chi connectivity index (χ4n) is 3.31. The first kappa shape index (κ1) is 11.2. The van der Waals surface area contributed by atoms with Crippen LogP contribution in [0.3, 0.4) is 0 Å². The van der Waals surface area contributed by atoms with Gasteiger partial charge >= 0.3 is 0 Å². The van der Waals surface area contributed by atoms with Crippen molar-refractivity contribution >= 4 is 12.1 Å². The molecule has 0 spiro atoms. The van der Waals surface area contributed by atoms with Crippen molar-refractivity contribution in [3.05, 3.63) is 0 Å². The fraction of sp³-hybridized carbons (Fsp3) is 0.833. The molecule has 3 rings (SSSR count). The van der Waals surface area contributed by atoms with Gasteiger partial charge in [-0.05, 0) is 12.8 Å². The summed E-state index contributed by atoms with van der Waals surface area (Å²) in [6, 6.07) is 0.917. The molecule has 3 aliphatic heterocycles. The summed E-state index contributed by atoms with van der Waals surface area (Å²) in [6.45, 7) is 3.73. The fourth-order valence-corrected chi connectivity index (χ4v) is 3.31. The van der Waals surface area contributed by atoms with Gasteiger partial charge in [-0.1, -0.05) is 0 Å². The van der Waals surface area contributed by atoms with Crippen molar-refractivity contribution in [2.24, 2.45) is 10.7 Å². The van der Waals surface area contributed by atoms with Gasteiger partial charge in [-0.25, -0.2) is 0 Å². The normalized spacial score (nSPS) is 38.5. The largest absolute Gasteiger partial charge is 0.337 e. The first-order valence-electron chi connectivity index (χ1n) is 6.55. The highest BCUT2D eigenvalue weighted by Crippen LogP contribution is 2.25. The van der Waals surface area contributed by atoms with E-state index in [0.29, 0.717) is 18.0 Å². The van der Waals surface area contributed by atoms with E-state index in [2.05, 4.69) is 14.8 Å². The van der Waals surface area contributed by atoms with Crippen molar-refractivity contribution in [2.45, 2.75) is 37.4 Å². The standard InChI is InChI=1S/C12H20N4O/c13-10-7-14-4-3-11(10)15-5-6-16-9(8-15)1-2-12(16)17/h7,9-11H,1-6,8,13H2. The number of aliphatic imine (C=N–C) groups is 1. The lowest BCUT2D eigenvalue weighted by Crippen LogP contribution is -2.59. The van der Waals surface area contributed by atoms with E-state index in [1.807, 2.05) is 6.21 Å². The summed E-state index contributed by atoms with van der Waals surface area (Å²) in [5.41, 5.74) is 6.10. The lowest BCUT2D eigenvalue weighted by Gasteiger charge is -2.43. The predicted molar refractivity (Wildman–Crippen MR) is 66.0 cm³/mol. The minimum Gasteiger partial charge on any atom is -0.337 e. The van der Waals surface area contributed by atoms with E-state index < -0.39 is 0 Å². The maximum absolute atomic E-state index is 11.6. The van der Waals surface area contributed by atoms with Gasteiger partial charge < -0.3 is 10.6 Å². The second-order valence-corrected chi connectivity index (χ2v) is 5.26. The summed E-state index contributed by atoms with van der Waals surface area (Å²) >= 11 is 0. The number of hydrogen-bond acceptors (Lipinski definition) is 4. The lowest BCUT2D eigenvalue weighted by atomic mass is 10.00. The number of carbonyl (C=O) groups excluding carboxylic acids is 1.